The largest absolute Gasteiger partial charge is 0.497 e. The van der Waals surface area contributed by atoms with E-state index in [-0.39, 0.29) is 24.7 Å². The van der Waals surface area contributed by atoms with E-state index < -0.39 is 23.9 Å². The number of fused-ring (bicyclic) bond motifs is 1. The summed E-state index contributed by atoms with van der Waals surface area (Å²) in [5.41, 5.74) is 0.577. The Hall–Kier alpha value is -2.85. The monoisotopic (exact) mass is 564 g/mol. The van der Waals surface area contributed by atoms with E-state index in [0.717, 1.165) is 25.1 Å². The zero-order chi connectivity index (χ0) is 28.0. The van der Waals surface area contributed by atoms with E-state index >= 15 is 4.39 Å². The summed E-state index contributed by atoms with van der Waals surface area (Å²) in [6.45, 7) is 1.96. The predicted molar refractivity (Wildman–Crippen MR) is 144 cm³/mol. The number of methoxy groups -OCH3 is 1. The number of carbonyl (C=O) groups is 1. The van der Waals surface area contributed by atoms with Crippen LogP contribution in [0.4, 0.5) is 17.6 Å². The number of benzene rings is 2. The molecule has 4 rings (SSSR count). The molecule has 1 N–H and O–H groups in total. The van der Waals surface area contributed by atoms with Crippen LogP contribution in [0.25, 0.3) is 10.9 Å². The minimum atomic E-state index is -4.38. The highest BCUT2D eigenvalue weighted by Gasteiger charge is 2.32. The van der Waals surface area contributed by atoms with Crippen molar-refractivity contribution in [1.29, 1.82) is 0 Å². The molecule has 3 aromatic rings. The second-order valence-corrected chi connectivity index (χ2v) is 11.1. The van der Waals surface area contributed by atoms with Crippen LogP contribution in [0.2, 0.25) is 0 Å². The van der Waals surface area contributed by atoms with Crippen molar-refractivity contribution in [3.8, 4) is 5.75 Å². The lowest BCUT2D eigenvalue weighted by Gasteiger charge is -2.38. The first-order valence-corrected chi connectivity index (χ1v) is 13.9. The Morgan fingerprint density at radius 3 is 2.77 bits per heavy atom. The van der Waals surface area contributed by atoms with Gasteiger partial charge in [-0.25, -0.2) is 4.39 Å². The average Bonchev–Trinajstić information content (AvgIpc) is 2.91. The van der Waals surface area contributed by atoms with Crippen molar-refractivity contribution in [1.82, 2.24) is 9.88 Å². The molecular weight excluding hydrogens is 532 g/mol. The van der Waals surface area contributed by atoms with Crippen LogP contribution in [0.1, 0.15) is 43.0 Å². The van der Waals surface area contributed by atoms with Gasteiger partial charge in [0.05, 0.1) is 18.2 Å². The number of likely N-dealkylation sites (tertiary alicyclic amines) is 1. The molecule has 1 aliphatic heterocycles. The molecule has 10 heteroatoms. The standard InChI is InChI=1S/C29H32F4N2O3S/c1-38-22-6-8-27-25(17-22)24(9-11-34-27)26(30)7-5-19-10-12-35(18-20(19)15-28(36)37)13-14-39-23-4-2-3-21(16-23)29(31,32)33/h2-4,6,8-9,11,16-17,19-20,26H,5,7,10,12-15,18H2,1H3,(H,36,37)/t19-,20+,26-/m1/s1. The van der Waals surface area contributed by atoms with Gasteiger partial charge in [-0.2, -0.15) is 13.2 Å². The first-order valence-electron chi connectivity index (χ1n) is 12.9. The number of hydrogen-bond acceptors (Lipinski definition) is 5. The van der Waals surface area contributed by atoms with Crippen LogP contribution in [-0.2, 0) is 11.0 Å². The van der Waals surface area contributed by atoms with Gasteiger partial charge in [0.2, 0.25) is 0 Å². The van der Waals surface area contributed by atoms with Crippen LogP contribution >= 0.6 is 11.8 Å². The summed E-state index contributed by atoms with van der Waals surface area (Å²) in [4.78, 5) is 18.6. The Morgan fingerprint density at radius 2 is 2.03 bits per heavy atom. The number of halogens is 4. The molecule has 0 unspecified atom stereocenters. The number of aliphatic carboxylic acids is 1. The number of ether oxygens (including phenoxy) is 1. The minimum absolute atomic E-state index is 0.00821. The summed E-state index contributed by atoms with van der Waals surface area (Å²) >= 11 is 1.35. The van der Waals surface area contributed by atoms with Crippen molar-refractivity contribution in [2.24, 2.45) is 11.8 Å². The van der Waals surface area contributed by atoms with Gasteiger partial charge in [0.15, 0.2) is 0 Å². The number of carboxylic acids is 1. The molecule has 0 spiro atoms. The number of hydrogen-bond donors (Lipinski definition) is 1. The summed E-state index contributed by atoms with van der Waals surface area (Å²) in [6, 6.07) is 12.3. The zero-order valence-electron chi connectivity index (χ0n) is 21.7. The predicted octanol–water partition coefficient (Wildman–Crippen LogP) is 7.26. The third-order valence-electron chi connectivity index (χ3n) is 7.36. The van der Waals surface area contributed by atoms with Crippen molar-refractivity contribution < 1.29 is 32.2 Å². The zero-order valence-corrected chi connectivity index (χ0v) is 22.5. The lowest BCUT2D eigenvalue weighted by molar-refractivity contribution is -0.139. The molecule has 1 fully saturated rings. The Morgan fingerprint density at radius 1 is 1.21 bits per heavy atom. The van der Waals surface area contributed by atoms with Crippen LogP contribution in [0.15, 0.2) is 59.6 Å². The highest BCUT2D eigenvalue weighted by Crippen LogP contribution is 2.37. The van der Waals surface area contributed by atoms with Crippen LogP contribution < -0.4 is 4.74 Å². The van der Waals surface area contributed by atoms with E-state index in [4.69, 9.17) is 4.74 Å². The third kappa shape index (κ3) is 7.85. The number of piperidine rings is 1. The van der Waals surface area contributed by atoms with E-state index in [1.54, 1.807) is 43.6 Å². The minimum Gasteiger partial charge on any atom is -0.497 e. The maximum absolute atomic E-state index is 15.5. The molecule has 2 aromatic carbocycles. The number of rotatable bonds is 11. The fourth-order valence-corrected chi connectivity index (χ4v) is 6.28. The van der Waals surface area contributed by atoms with Gasteiger partial charge in [-0.1, -0.05) is 6.07 Å². The summed E-state index contributed by atoms with van der Waals surface area (Å²) < 4.78 is 59.7. The van der Waals surface area contributed by atoms with Gasteiger partial charge in [-0.3, -0.25) is 9.78 Å². The Balaban J connectivity index is 1.33. The van der Waals surface area contributed by atoms with Gasteiger partial charge in [0.1, 0.15) is 11.9 Å². The van der Waals surface area contributed by atoms with Crippen LogP contribution in [0, 0.1) is 11.8 Å². The number of thioether (sulfide) groups is 1. The molecule has 0 aliphatic carbocycles. The summed E-state index contributed by atoms with van der Waals surface area (Å²) in [5.74, 6) is 0.306. The average molecular weight is 565 g/mol. The molecule has 0 saturated carbocycles. The fourth-order valence-electron chi connectivity index (χ4n) is 5.31. The first kappa shape index (κ1) is 29.1. The topological polar surface area (TPSA) is 62.7 Å². The Bertz CT molecular complexity index is 1270. The first-order chi connectivity index (χ1) is 18.6. The Labute approximate surface area is 229 Å². The Kier molecular flexibility index (Phi) is 9.71. The molecular formula is C29H32F4N2O3S. The molecule has 39 heavy (non-hydrogen) atoms. The molecule has 0 amide bonds. The van der Waals surface area contributed by atoms with Gasteiger partial charge in [0.25, 0.3) is 0 Å². The fraction of sp³-hybridized carbons (Fsp3) is 0.448. The molecule has 210 valence electrons. The molecule has 1 aliphatic rings. The number of carboxylic acid groups (broad SMARTS) is 1. The van der Waals surface area contributed by atoms with Gasteiger partial charge in [-0.15, -0.1) is 11.8 Å². The molecule has 1 aromatic heterocycles. The molecule has 5 nitrogen and oxygen atoms in total. The number of alkyl halides is 4. The maximum atomic E-state index is 15.5. The second-order valence-electron chi connectivity index (χ2n) is 9.91. The van der Waals surface area contributed by atoms with E-state index in [2.05, 4.69) is 9.88 Å². The lowest BCUT2D eigenvalue weighted by atomic mass is 9.79. The quantitative estimate of drug-likeness (QED) is 0.195. The van der Waals surface area contributed by atoms with E-state index in [9.17, 15) is 23.1 Å². The summed E-state index contributed by atoms with van der Waals surface area (Å²) in [7, 11) is 1.56. The highest BCUT2D eigenvalue weighted by molar-refractivity contribution is 7.99. The normalized spacial score (nSPS) is 19.2. The molecule has 3 atom stereocenters. The van der Waals surface area contributed by atoms with E-state index in [1.165, 1.54) is 17.8 Å². The molecule has 1 saturated heterocycles. The van der Waals surface area contributed by atoms with Crippen molar-refractivity contribution in [3.63, 3.8) is 0 Å². The number of aromatic nitrogens is 1. The molecule has 2 heterocycles. The van der Waals surface area contributed by atoms with Crippen molar-refractivity contribution in [2.45, 2.75) is 42.9 Å². The summed E-state index contributed by atoms with van der Waals surface area (Å²) in [6.07, 6.45) is -2.38. The number of pyridine rings is 1. The second kappa shape index (κ2) is 13.0. The van der Waals surface area contributed by atoms with Crippen LogP contribution in [-0.4, -0.2) is 53.5 Å². The third-order valence-corrected chi connectivity index (χ3v) is 8.33. The van der Waals surface area contributed by atoms with Crippen molar-refractivity contribution in [3.05, 3.63) is 65.9 Å². The summed E-state index contributed by atoms with van der Waals surface area (Å²) in [5, 5.41) is 10.2. The van der Waals surface area contributed by atoms with Crippen LogP contribution in [0.3, 0.4) is 0 Å². The SMILES string of the molecule is COc1ccc2nccc([C@H](F)CC[C@@H]3CCN(CCSc4cccc(C(F)(F)F)c4)C[C@@H]3CC(=O)O)c2c1. The van der Waals surface area contributed by atoms with E-state index in [0.29, 0.717) is 52.4 Å². The van der Waals surface area contributed by atoms with Crippen molar-refractivity contribution in [2.75, 3.05) is 32.5 Å². The van der Waals surface area contributed by atoms with Gasteiger partial charge in [-0.05, 0) is 85.7 Å². The van der Waals surface area contributed by atoms with Crippen LogP contribution in [0.5, 0.6) is 5.75 Å². The van der Waals surface area contributed by atoms with Crippen molar-refractivity contribution >= 4 is 28.6 Å². The lowest BCUT2D eigenvalue weighted by Crippen LogP contribution is -2.42. The molecule has 0 radical (unpaired) electrons. The van der Waals surface area contributed by atoms with Gasteiger partial charge < -0.3 is 14.7 Å². The van der Waals surface area contributed by atoms with Gasteiger partial charge >= 0.3 is 12.1 Å². The molecule has 0 bridgehead atoms. The number of nitrogens with zero attached hydrogens (tertiary/aromatic N) is 2. The van der Waals surface area contributed by atoms with E-state index in [1.807, 2.05) is 0 Å². The van der Waals surface area contributed by atoms with Gasteiger partial charge in [0, 0.05) is 41.7 Å². The smallest absolute Gasteiger partial charge is 0.416 e. The maximum Gasteiger partial charge on any atom is 0.416 e. The highest BCUT2D eigenvalue weighted by atomic mass is 32.2.